The quantitative estimate of drug-likeness (QED) is 0.902. The maximum absolute atomic E-state index is 9.71. The molecule has 112 valence electrons. The third-order valence-electron chi connectivity index (χ3n) is 4.79. The number of hydrogen-bond donors (Lipinski definition) is 1. The molecule has 2 fully saturated rings. The van der Waals surface area contributed by atoms with E-state index in [9.17, 15) is 5.26 Å². The Labute approximate surface area is 125 Å². The van der Waals surface area contributed by atoms with E-state index in [-0.39, 0.29) is 0 Å². The minimum absolute atomic E-state index is 0.479. The van der Waals surface area contributed by atoms with Crippen LogP contribution in [0.25, 0.3) is 0 Å². The number of rotatable bonds is 2. The second kappa shape index (κ2) is 5.53. The lowest BCUT2D eigenvalue weighted by Crippen LogP contribution is -2.33. The normalized spacial score (nSPS) is 24.8. The van der Waals surface area contributed by atoms with E-state index in [1.165, 1.54) is 12.8 Å². The minimum Gasteiger partial charge on any atom is -0.384 e. The van der Waals surface area contributed by atoms with Gasteiger partial charge in [0.2, 0.25) is 0 Å². The maximum atomic E-state index is 9.71. The molecule has 0 bridgehead atoms. The fraction of sp³-hybridized carbons (Fsp3) is 0.625. The second-order valence-corrected chi connectivity index (χ2v) is 6.13. The molecule has 1 atom stereocenters. The lowest BCUT2D eigenvalue weighted by atomic mass is 9.76. The van der Waals surface area contributed by atoms with Crippen molar-refractivity contribution in [3.05, 3.63) is 17.7 Å². The number of nitrogens with two attached hydrogens (primary N) is 1. The average molecular weight is 286 g/mol. The summed E-state index contributed by atoms with van der Waals surface area (Å²) in [6.07, 6.45) is 3.82. The van der Waals surface area contributed by atoms with Crippen LogP contribution in [0.4, 0.5) is 11.6 Å². The number of pyridine rings is 1. The third-order valence-corrected chi connectivity index (χ3v) is 4.79. The summed E-state index contributed by atoms with van der Waals surface area (Å²) in [5.74, 6) is 1.42. The topological polar surface area (TPSA) is 75.2 Å². The molecule has 0 saturated carbocycles. The molecule has 2 saturated heterocycles. The van der Waals surface area contributed by atoms with Crippen molar-refractivity contribution in [2.24, 2.45) is 0 Å². The van der Waals surface area contributed by atoms with Gasteiger partial charge in [-0.05, 0) is 50.3 Å². The Hall–Kier alpha value is -1.80. The van der Waals surface area contributed by atoms with E-state index in [0.717, 1.165) is 30.8 Å². The van der Waals surface area contributed by atoms with Crippen LogP contribution in [-0.4, -0.2) is 30.8 Å². The summed E-state index contributed by atoms with van der Waals surface area (Å²) in [6, 6.07) is 6.92. The van der Waals surface area contributed by atoms with Gasteiger partial charge in [-0.3, -0.25) is 0 Å². The zero-order chi connectivity index (χ0) is 14.9. The molecule has 2 N–H and O–H groups in total. The molecule has 0 aliphatic carbocycles. The molecule has 2 aliphatic rings. The highest BCUT2D eigenvalue weighted by molar-refractivity contribution is 5.53. The molecular formula is C16H22N4O. The molecule has 2 aliphatic heterocycles. The van der Waals surface area contributed by atoms with Gasteiger partial charge in [0.05, 0.1) is 11.5 Å². The van der Waals surface area contributed by atoms with Crippen LogP contribution in [0.15, 0.2) is 12.1 Å². The van der Waals surface area contributed by atoms with Crippen LogP contribution in [0, 0.1) is 11.3 Å². The summed E-state index contributed by atoms with van der Waals surface area (Å²) in [6.45, 7) is 4.49. The fourth-order valence-electron chi connectivity index (χ4n) is 3.42. The van der Waals surface area contributed by atoms with Gasteiger partial charge >= 0.3 is 0 Å². The first-order chi connectivity index (χ1) is 10.1. The monoisotopic (exact) mass is 286 g/mol. The highest BCUT2D eigenvalue weighted by atomic mass is 16.5. The van der Waals surface area contributed by atoms with Crippen molar-refractivity contribution in [2.45, 2.75) is 44.1 Å². The van der Waals surface area contributed by atoms with E-state index in [2.05, 4.69) is 28.9 Å². The lowest BCUT2D eigenvalue weighted by molar-refractivity contribution is 0.0675. The molecule has 0 aromatic carbocycles. The zero-order valence-corrected chi connectivity index (χ0v) is 12.5. The first-order valence-electron chi connectivity index (χ1n) is 7.68. The predicted octanol–water partition coefficient (Wildman–Crippen LogP) is 2.22. The van der Waals surface area contributed by atoms with Crippen molar-refractivity contribution in [2.75, 3.05) is 30.4 Å². The standard InChI is InChI=1S/C16H22N4O/c1-12-3-2-6-20(12)15-10-13(9-14(18)19-15)16(11-17)4-7-21-8-5-16/h9-10,12H,2-8H2,1H3,(H2,18,19). The smallest absolute Gasteiger partial charge is 0.131 e. The van der Waals surface area contributed by atoms with E-state index in [4.69, 9.17) is 10.5 Å². The van der Waals surface area contributed by atoms with Crippen LogP contribution in [0.5, 0.6) is 0 Å². The summed E-state index contributed by atoms with van der Waals surface area (Å²) >= 11 is 0. The molecule has 1 unspecified atom stereocenters. The Morgan fingerprint density at radius 1 is 1.43 bits per heavy atom. The Bertz CT molecular complexity index is 560. The van der Waals surface area contributed by atoms with Gasteiger partial charge in [-0.1, -0.05) is 0 Å². The van der Waals surface area contributed by atoms with Crippen molar-refractivity contribution in [3.8, 4) is 6.07 Å². The van der Waals surface area contributed by atoms with Gasteiger partial charge in [-0.15, -0.1) is 0 Å². The number of anilines is 2. The van der Waals surface area contributed by atoms with Crippen molar-refractivity contribution < 1.29 is 4.74 Å². The molecule has 5 nitrogen and oxygen atoms in total. The van der Waals surface area contributed by atoms with Crippen molar-refractivity contribution in [1.29, 1.82) is 5.26 Å². The molecule has 3 heterocycles. The van der Waals surface area contributed by atoms with Gasteiger partial charge in [-0.2, -0.15) is 5.26 Å². The number of nitrogens with zero attached hydrogens (tertiary/aromatic N) is 3. The van der Waals surface area contributed by atoms with Crippen LogP contribution in [0.3, 0.4) is 0 Å². The Balaban J connectivity index is 1.99. The maximum Gasteiger partial charge on any atom is 0.131 e. The molecule has 5 heteroatoms. The molecule has 0 spiro atoms. The average Bonchev–Trinajstić information content (AvgIpc) is 2.93. The van der Waals surface area contributed by atoms with Gasteiger partial charge in [0.25, 0.3) is 0 Å². The summed E-state index contributed by atoms with van der Waals surface area (Å²) in [5, 5.41) is 9.71. The largest absolute Gasteiger partial charge is 0.384 e. The molecular weight excluding hydrogens is 264 g/mol. The first kappa shape index (κ1) is 14.2. The van der Waals surface area contributed by atoms with E-state index >= 15 is 0 Å². The number of hydrogen-bond acceptors (Lipinski definition) is 5. The highest BCUT2D eigenvalue weighted by Crippen LogP contribution is 2.37. The van der Waals surface area contributed by atoms with Crippen LogP contribution in [0.2, 0.25) is 0 Å². The molecule has 0 amide bonds. The van der Waals surface area contributed by atoms with Gasteiger partial charge in [0.15, 0.2) is 0 Å². The summed E-state index contributed by atoms with van der Waals surface area (Å²) in [4.78, 5) is 6.79. The number of aromatic nitrogens is 1. The van der Waals surface area contributed by atoms with Gasteiger partial charge in [0, 0.05) is 25.8 Å². The van der Waals surface area contributed by atoms with Gasteiger partial charge in [0.1, 0.15) is 11.6 Å². The number of nitriles is 1. The van der Waals surface area contributed by atoms with Crippen LogP contribution in [-0.2, 0) is 10.2 Å². The van der Waals surface area contributed by atoms with Crippen molar-refractivity contribution in [3.63, 3.8) is 0 Å². The molecule has 21 heavy (non-hydrogen) atoms. The number of nitrogen functional groups attached to an aromatic ring is 1. The van der Waals surface area contributed by atoms with Gasteiger partial charge < -0.3 is 15.4 Å². The fourth-order valence-corrected chi connectivity index (χ4v) is 3.42. The van der Waals surface area contributed by atoms with E-state index in [1.807, 2.05) is 6.07 Å². The SMILES string of the molecule is CC1CCCN1c1cc(C2(C#N)CCOCC2)cc(N)n1. The minimum atomic E-state index is -0.479. The van der Waals surface area contributed by atoms with Crippen LogP contribution in [0.1, 0.15) is 38.2 Å². The van der Waals surface area contributed by atoms with Crippen LogP contribution < -0.4 is 10.6 Å². The van der Waals surface area contributed by atoms with Gasteiger partial charge in [-0.25, -0.2) is 4.98 Å². The summed E-state index contributed by atoms with van der Waals surface area (Å²) in [5.41, 5.74) is 6.53. The Kier molecular flexibility index (Phi) is 3.73. The predicted molar refractivity (Wildman–Crippen MR) is 82.0 cm³/mol. The second-order valence-electron chi connectivity index (χ2n) is 6.13. The highest BCUT2D eigenvalue weighted by Gasteiger charge is 2.36. The third kappa shape index (κ3) is 2.56. The lowest BCUT2D eigenvalue weighted by Gasteiger charge is -2.32. The Morgan fingerprint density at radius 3 is 2.81 bits per heavy atom. The number of ether oxygens (including phenoxy) is 1. The van der Waals surface area contributed by atoms with Crippen molar-refractivity contribution >= 4 is 11.6 Å². The van der Waals surface area contributed by atoms with E-state index < -0.39 is 5.41 Å². The molecule has 3 rings (SSSR count). The first-order valence-corrected chi connectivity index (χ1v) is 7.68. The molecule has 1 aromatic heterocycles. The van der Waals surface area contributed by atoms with E-state index in [0.29, 0.717) is 25.1 Å². The zero-order valence-electron chi connectivity index (χ0n) is 12.5. The molecule has 1 aromatic rings. The van der Waals surface area contributed by atoms with Crippen LogP contribution >= 0.6 is 0 Å². The summed E-state index contributed by atoms with van der Waals surface area (Å²) < 4.78 is 5.42. The Morgan fingerprint density at radius 2 is 2.19 bits per heavy atom. The van der Waals surface area contributed by atoms with E-state index in [1.54, 1.807) is 0 Å². The summed E-state index contributed by atoms with van der Waals surface area (Å²) in [7, 11) is 0. The molecule has 0 radical (unpaired) electrons. The van der Waals surface area contributed by atoms with Crippen molar-refractivity contribution in [1.82, 2.24) is 4.98 Å².